The summed E-state index contributed by atoms with van der Waals surface area (Å²) < 4.78 is 16.2. The Bertz CT molecular complexity index is 1390. The number of hydrogen-bond donors (Lipinski definition) is 0. The van der Waals surface area contributed by atoms with Gasteiger partial charge in [0.05, 0.1) is 38.8 Å². The third-order valence-corrected chi connectivity index (χ3v) is 6.01. The SMILES string of the molecule is Cn1c(=O)c2c(ncn2C[C@H](COCc2ccc(Cl)cc2)OCc2ccc(Cl)cc2)n(C)c1=O. The summed E-state index contributed by atoms with van der Waals surface area (Å²) in [5.74, 6) is 0. The van der Waals surface area contributed by atoms with E-state index in [0.29, 0.717) is 41.0 Å². The minimum atomic E-state index is -0.426. The first-order valence-electron chi connectivity index (χ1n) is 10.6. The molecule has 10 heteroatoms. The molecule has 2 aromatic heterocycles. The van der Waals surface area contributed by atoms with Gasteiger partial charge in [0, 0.05) is 24.1 Å². The van der Waals surface area contributed by atoms with Crippen molar-refractivity contribution in [1.82, 2.24) is 18.7 Å². The van der Waals surface area contributed by atoms with E-state index in [9.17, 15) is 9.59 Å². The molecule has 0 saturated carbocycles. The number of ether oxygens (including phenoxy) is 2. The van der Waals surface area contributed by atoms with Crippen molar-refractivity contribution in [2.24, 2.45) is 14.1 Å². The number of hydrogen-bond acceptors (Lipinski definition) is 5. The van der Waals surface area contributed by atoms with Crippen molar-refractivity contribution in [1.29, 1.82) is 0 Å². The maximum Gasteiger partial charge on any atom is 0.332 e. The van der Waals surface area contributed by atoms with Gasteiger partial charge in [-0.2, -0.15) is 0 Å². The van der Waals surface area contributed by atoms with E-state index < -0.39 is 11.2 Å². The Hall–Kier alpha value is -2.91. The molecule has 0 bridgehead atoms. The third-order valence-electron chi connectivity index (χ3n) is 5.50. The van der Waals surface area contributed by atoms with E-state index in [0.717, 1.165) is 15.7 Å². The molecule has 0 fully saturated rings. The highest BCUT2D eigenvalue weighted by Gasteiger charge is 2.18. The van der Waals surface area contributed by atoms with Crippen molar-refractivity contribution < 1.29 is 9.47 Å². The molecule has 0 aliphatic heterocycles. The zero-order valence-corrected chi connectivity index (χ0v) is 20.3. The monoisotopic (exact) mass is 502 g/mol. The smallest absolute Gasteiger partial charge is 0.332 e. The number of aryl methyl sites for hydroxylation is 1. The molecule has 0 N–H and O–H groups in total. The first kappa shape index (κ1) is 24.2. The number of imidazole rings is 1. The van der Waals surface area contributed by atoms with Gasteiger partial charge in [0.1, 0.15) is 0 Å². The van der Waals surface area contributed by atoms with E-state index in [-0.39, 0.29) is 12.7 Å². The van der Waals surface area contributed by atoms with E-state index in [1.54, 1.807) is 30.1 Å². The van der Waals surface area contributed by atoms with Gasteiger partial charge < -0.3 is 14.0 Å². The van der Waals surface area contributed by atoms with Crippen LogP contribution in [-0.4, -0.2) is 31.4 Å². The van der Waals surface area contributed by atoms with Gasteiger partial charge in [-0.25, -0.2) is 9.78 Å². The molecule has 4 rings (SSSR count). The van der Waals surface area contributed by atoms with Gasteiger partial charge in [-0.3, -0.25) is 13.9 Å². The van der Waals surface area contributed by atoms with E-state index in [4.69, 9.17) is 32.7 Å². The van der Waals surface area contributed by atoms with Crippen molar-refractivity contribution in [2.45, 2.75) is 25.9 Å². The summed E-state index contributed by atoms with van der Waals surface area (Å²) in [5, 5.41) is 1.31. The predicted octanol–water partition coefficient (Wildman–Crippen LogP) is 3.54. The molecular formula is C24H24Cl2N4O4. The highest BCUT2D eigenvalue weighted by molar-refractivity contribution is 6.30. The van der Waals surface area contributed by atoms with Gasteiger partial charge in [0.25, 0.3) is 5.56 Å². The van der Waals surface area contributed by atoms with Crippen LogP contribution in [0.1, 0.15) is 11.1 Å². The van der Waals surface area contributed by atoms with Crippen molar-refractivity contribution in [3.63, 3.8) is 0 Å². The van der Waals surface area contributed by atoms with Crippen LogP contribution in [0.5, 0.6) is 0 Å². The Morgan fingerprint density at radius 3 is 2.09 bits per heavy atom. The van der Waals surface area contributed by atoms with Gasteiger partial charge in [0.2, 0.25) is 0 Å². The predicted molar refractivity (Wildman–Crippen MR) is 131 cm³/mol. The standard InChI is InChI=1S/C24H24Cl2N4O4/c1-28-22-21(23(31)29(2)24(28)32)30(15-27-22)11-20(34-13-17-5-9-19(26)10-6-17)14-33-12-16-3-7-18(25)8-4-16/h3-10,15,20H,11-14H2,1-2H3/t20-/m1/s1. The van der Waals surface area contributed by atoms with Gasteiger partial charge in [-0.1, -0.05) is 47.5 Å². The lowest BCUT2D eigenvalue weighted by Gasteiger charge is -2.19. The summed E-state index contributed by atoms with van der Waals surface area (Å²) >= 11 is 11.9. The molecule has 2 heterocycles. The molecule has 1 atom stereocenters. The van der Waals surface area contributed by atoms with Crippen LogP contribution >= 0.6 is 23.2 Å². The molecule has 0 spiro atoms. The Morgan fingerprint density at radius 1 is 0.882 bits per heavy atom. The second kappa shape index (κ2) is 10.6. The lowest BCUT2D eigenvalue weighted by atomic mass is 10.2. The van der Waals surface area contributed by atoms with Crippen molar-refractivity contribution in [3.8, 4) is 0 Å². The first-order valence-corrected chi connectivity index (χ1v) is 11.4. The fourth-order valence-corrected chi connectivity index (χ4v) is 3.84. The van der Waals surface area contributed by atoms with Crippen LogP contribution in [0.25, 0.3) is 11.2 Å². The topological polar surface area (TPSA) is 80.3 Å². The average Bonchev–Trinajstić information content (AvgIpc) is 3.25. The fourth-order valence-electron chi connectivity index (χ4n) is 3.59. The number of benzene rings is 2. The number of rotatable bonds is 9. The number of aromatic nitrogens is 4. The Morgan fingerprint density at radius 2 is 1.47 bits per heavy atom. The first-order chi connectivity index (χ1) is 16.3. The zero-order chi connectivity index (χ0) is 24.2. The maximum atomic E-state index is 12.8. The summed E-state index contributed by atoms with van der Waals surface area (Å²) in [6.45, 7) is 1.33. The summed E-state index contributed by atoms with van der Waals surface area (Å²) in [4.78, 5) is 29.3. The minimum absolute atomic E-state index is 0.280. The molecular weight excluding hydrogens is 479 g/mol. The van der Waals surface area contributed by atoms with Gasteiger partial charge in [0.15, 0.2) is 11.2 Å². The molecule has 0 unspecified atom stereocenters. The lowest BCUT2D eigenvalue weighted by molar-refractivity contribution is -0.0368. The van der Waals surface area contributed by atoms with Crippen LogP contribution in [0.15, 0.2) is 64.4 Å². The maximum absolute atomic E-state index is 12.8. The quantitative estimate of drug-likeness (QED) is 0.349. The molecule has 0 radical (unpaired) electrons. The highest BCUT2D eigenvalue weighted by Crippen LogP contribution is 2.15. The largest absolute Gasteiger partial charge is 0.374 e. The lowest BCUT2D eigenvalue weighted by Crippen LogP contribution is -2.38. The number of fused-ring (bicyclic) bond motifs is 1. The Labute approximate surface area is 205 Å². The summed E-state index contributed by atoms with van der Waals surface area (Å²) in [6.07, 6.45) is 1.16. The normalized spacial score (nSPS) is 12.4. The van der Waals surface area contributed by atoms with Crippen LogP contribution < -0.4 is 11.2 Å². The molecule has 0 aliphatic carbocycles. The van der Waals surface area contributed by atoms with Crippen LogP contribution in [-0.2, 0) is 43.3 Å². The molecule has 0 aliphatic rings. The van der Waals surface area contributed by atoms with Gasteiger partial charge >= 0.3 is 5.69 Å². The van der Waals surface area contributed by atoms with Gasteiger partial charge in [-0.05, 0) is 35.4 Å². The van der Waals surface area contributed by atoms with E-state index in [2.05, 4.69) is 4.98 Å². The molecule has 8 nitrogen and oxygen atoms in total. The second-order valence-electron chi connectivity index (χ2n) is 7.98. The second-order valence-corrected chi connectivity index (χ2v) is 8.85. The molecule has 178 valence electrons. The summed E-state index contributed by atoms with van der Waals surface area (Å²) in [5.41, 5.74) is 1.77. The number of halogens is 2. The van der Waals surface area contributed by atoms with E-state index in [1.165, 1.54) is 11.6 Å². The molecule has 34 heavy (non-hydrogen) atoms. The van der Waals surface area contributed by atoms with Crippen molar-refractivity contribution in [3.05, 3.63) is 96.9 Å². The number of nitrogens with zero attached hydrogens (tertiary/aromatic N) is 4. The third kappa shape index (κ3) is 5.42. The molecule has 4 aromatic rings. The molecule has 2 aromatic carbocycles. The summed E-state index contributed by atoms with van der Waals surface area (Å²) in [6, 6.07) is 14.8. The Balaban J connectivity index is 1.54. The Kier molecular flexibility index (Phi) is 7.53. The van der Waals surface area contributed by atoms with Crippen LogP contribution in [0.2, 0.25) is 10.0 Å². The fraction of sp³-hybridized carbons (Fsp3) is 0.292. The molecule has 0 amide bonds. The molecule has 0 saturated heterocycles. The van der Waals surface area contributed by atoms with Crippen LogP contribution in [0.4, 0.5) is 0 Å². The van der Waals surface area contributed by atoms with Gasteiger partial charge in [-0.15, -0.1) is 0 Å². The minimum Gasteiger partial charge on any atom is -0.374 e. The van der Waals surface area contributed by atoms with E-state index >= 15 is 0 Å². The zero-order valence-electron chi connectivity index (χ0n) is 18.8. The average molecular weight is 503 g/mol. The van der Waals surface area contributed by atoms with Crippen molar-refractivity contribution in [2.75, 3.05) is 6.61 Å². The van der Waals surface area contributed by atoms with E-state index in [1.807, 2.05) is 36.4 Å². The van der Waals surface area contributed by atoms with Crippen LogP contribution in [0.3, 0.4) is 0 Å². The highest BCUT2D eigenvalue weighted by atomic mass is 35.5. The van der Waals surface area contributed by atoms with Crippen LogP contribution in [0, 0.1) is 0 Å². The summed E-state index contributed by atoms with van der Waals surface area (Å²) in [7, 11) is 3.04. The van der Waals surface area contributed by atoms with Crippen molar-refractivity contribution >= 4 is 34.4 Å².